The van der Waals surface area contributed by atoms with E-state index >= 15 is 0 Å². The van der Waals surface area contributed by atoms with Crippen molar-refractivity contribution in [1.29, 1.82) is 0 Å². The lowest BCUT2D eigenvalue weighted by Gasteiger charge is -2.28. The number of piperazine rings is 1. The van der Waals surface area contributed by atoms with Gasteiger partial charge in [-0.1, -0.05) is 5.10 Å². The Morgan fingerprint density at radius 3 is 2.90 bits per heavy atom. The highest BCUT2D eigenvalue weighted by atomic mass is 16.4. The first kappa shape index (κ1) is 12.0. The van der Waals surface area contributed by atoms with Crippen molar-refractivity contribution < 1.29 is 9.21 Å². The standard InChI is InChI=1S/C12H18N6O2/c19-11-14-8-1-2-9(18(11)7-8)10-15-16-12(20-10)17-5-3-13-4-6-17/h8-9,13H,1-7H2,(H,14,19)/t8-,9+/m1/s1. The number of carbonyl (C=O) groups is 1. The fourth-order valence-electron chi connectivity index (χ4n) is 3.17. The van der Waals surface area contributed by atoms with Crippen LogP contribution in [-0.4, -0.2) is 59.9 Å². The molecule has 0 saturated carbocycles. The Balaban J connectivity index is 1.54. The number of fused-ring (bicyclic) bond motifs is 2. The predicted molar refractivity (Wildman–Crippen MR) is 70.4 cm³/mol. The maximum Gasteiger partial charge on any atom is 0.318 e. The lowest BCUT2D eigenvalue weighted by atomic mass is 10.0. The van der Waals surface area contributed by atoms with Crippen LogP contribution >= 0.6 is 0 Å². The van der Waals surface area contributed by atoms with Gasteiger partial charge in [0.25, 0.3) is 0 Å². The molecule has 0 aromatic carbocycles. The molecule has 20 heavy (non-hydrogen) atoms. The van der Waals surface area contributed by atoms with Gasteiger partial charge in [-0.3, -0.25) is 0 Å². The van der Waals surface area contributed by atoms with E-state index in [0.717, 1.165) is 45.6 Å². The minimum atomic E-state index is -0.0714. The summed E-state index contributed by atoms with van der Waals surface area (Å²) >= 11 is 0. The van der Waals surface area contributed by atoms with Crippen LogP contribution in [-0.2, 0) is 0 Å². The molecule has 3 saturated heterocycles. The molecule has 0 spiro atoms. The molecule has 2 amide bonds. The maximum atomic E-state index is 11.9. The zero-order valence-corrected chi connectivity index (χ0v) is 11.2. The Labute approximate surface area is 116 Å². The molecule has 2 atom stereocenters. The number of aromatic nitrogens is 2. The largest absolute Gasteiger partial charge is 0.406 e. The zero-order chi connectivity index (χ0) is 13.5. The van der Waals surface area contributed by atoms with Crippen LogP contribution in [0.5, 0.6) is 0 Å². The summed E-state index contributed by atoms with van der Waals surface area (Å²) < 4.78 is 5.82. The van der Waals surface area contributed by atoms with Crippen LogP contribution in [0.3, 0.4) is 0 Å². The van der Waals surface area contributed by atoms with Gasteiger partial charge < -0.3 is 24.9 Å². The first-order valence-electron chi connectivity index (χ1n) is 7.17. The van der Waals surface area contributed by atoms with Gasteiger partial charge in [-0.05, 0) is 12.8 Å². The molecule has 0 unspecified atom stereocenters. The number of urea groups is 1. The van der Waals surface area contributed by atoms with Crippen LogP contribution < -0.4 is 15.5 Å². The predicted octanol–water partition coefficient (Wildman–Crippen LogP) is -0.292. The van der Waals surface area contributed by atoms with Crippen molar-refractivity contribution in [1.82, 2.24) is 25.7 Å². The van der Waals surface area contributed by atoms with E-state index in [2.05, 4.69) is 25.7 Å². The number of anilines is 1. The van der Waals surface area contributed by atoms with Crippen molar-refractivity contribution in [3.05, 3.63) is 5.89 Å². The third-order valence-electron chi connectivity index (χ3n) is 4.27. The van der Waals surface area contributed by atoms with Crippen LogP contribution in [0.25, 0.3) is 0 Å². The van der Waals surface area contributed by atoms with E-state index in [1.54, 1.807) is 0 Å². The highest BCUT2D eigenvalue weighted by molar-refractivity contribution is 5.77. The number of rotatable bonds is 2. The summed E-state index contributed by atoms with van der Waals surface area (Å²) in [5.41, 5.74) is 0. The minimum absolute atomic E-state index is 0.0144. The van der Waals surface area contributed by atoms with Gasteiger partial charge in [-0.2, -0.15) is 0 Å². The summed E-state index contributed by atoms with van der Waals surface area (Å²) in [5.74, 6) is 0.564. The van der Waals surface area contributed by atoms with Gasteiger partial charge in [0.2, 0.25) is 5.89 Å². The molecule has 4 rings (SSSR count). The van der Waals surface area contributed by atoms with Gasteiger partial charge in [0.15, 0.2) is 0 Å². The van der Waals surface area contributed by atoms with Gasteiger partial charge in [0, 0.05) is 38.8 Å². The lowest BCUT2D eigenvalue weighted by Crippen LogP contribution is -2.43. The Hall–Kier alpha value is -1.83. The van der Waals surface area contributed by atoms with Crippen LogP contribution in [0.4, 0.5) is 10.8 Å². The number of hydrogen-bond donors (Lipinski definition) is 2. The van der Waals surface area contributed by atoms with Crippen LogP contribution in [0.2, 0.25) is 0 Å². The van der Waals surface area contributed by atoms with Gasteiger partial charge in [0.05, 0.1) is 0 Å². The molecule has 8 nitrogen and oxygen atoms in total. The van der Waals surface area contributed by atoms with E-state index < -0.39 is 0 Å². The number of amides is 2. The van der Waals surface area contributed by atoms with Gasteiger partial charge >= 0.3 is 12.0 Å². The summed E-state index contributed by atoms with van der Waals surface area (Å²) in [5, 5.41) is 14.6. The molecule has 2 bridgehead atoms. The molecular formula is C12H18N6O2. The molecule has 3 fully saturated rings. The molecule has 0 radical (unpaired) electrons. The topological polar surface area (TPSA) is 86.5 Å². The molecule has 0 aliphatic carbocycles. The number of nitrogens with zero attached hydrogens (tertiary/aromatic N) is 4. The molecule has 4 heterocycles. The van der Waals surface area contributed by atoms with Gasteiger partial charge in [-0.15, -0.1) is 5.10 Å². The number of nitrogens with one attached hydrogen (secondary N) is 2. The number of carbonyl (C=O) groups excluding carboxylic acids is 1. The van der Waals surface area contributed by atoms with Crippen LogP contribution in [0.1, 0.15) is 24.8 Å². The monoisotopic (exact) mass is 278 g/mol. The van der Waals surface area contributed by atoms with Crippen LogP contribution in [0.15, 0.2) is 4.42 Å². The molecule has 1 aromatic rings. The zero-order valence-electron chi connectivity index (χ0n) is 11.2. The molecule has 3 aliphatic heterocycles. The van der Waals surface area contributed by atoms with Gasteiger partial charge in [0.1, 0.15) is 6.04 Å². The van der Waals surface area contributed by atoms with Crippen molar-refractivity contribution in [2.45, 2.75) is 24.9 Å². The summed E-state index contributed by atoms with van der Waals surface area (Å²) in [7, 11) is 0. The normalized spacial score (nSPS) is 29.7. The van der Waals surface area contributed by atoms with Crippen molar-refractivity contribution in [3.8, 4) is 0 Å². The second-order valence-electron chi connectivity index (χ2n) is 5.55. The summed E-state index contributed by atoms with van der Waals surface area (Å²) in [6.07, 6.45) is 1.85. The van der Waals surface area contributed by atoms with Gasteiger partial charge in [-0.25, -0.2) is 4.79 Å². The first-order chi connectivity index (χ1) is 9.81. The average Bonchev–Trinajstić information content (AvgIpc) is 3.07. The third kappa shape index (κ3) is 1.91. The molecule has 2 N–H and O–H groups in total. The van der Waals surface area contributed by atoms with E-state index in [1.807, 2.05) is 4.90 Å². The van der Waals surface area contributed by atoms with Crippen molar-refractivity contribution >= 4 is 12.0 Å². The van der Waals surface area contributed by atoms with Crippen LogP contribution in [0, 0.1) is 0 Å². The first-order valence-corrected chi connectivity index (χ1v) is 7.17. The molecule has 3 aliphatic rings. The lowest BCUT2D eigenvalue weighted by molar-refractivity contribution is 0.168. The van der Waals surface area contributed by atoms with E-state index in [-0.39, 0.29) is 18.1 Å². The number of piperidine rings is 1. The average molecular weight is 278 g/mol. The minimum Gasteiger partial charge on any atom is -0.406 e. The molecular weight excluding hydrogens is 260 g/mol. The maximum absolute atomic E-state index is 11.9. The summed E-state index contributed by atoms with van der Waals surface area (Å²) in [6, 6.07) is 0.773. The second-order valence-corrected chi connectivity index (χ2v) is 5.55. The highest BCUT2D eigenvalue weighted by Gasteiger charge is 2.41. The second kappa shape index (κ2) is 4.62. The third-order valence-corrected chi connectivity index (χ3v) is 4.27. The Bertz CT molecular complexity index is 512. The number of hydrogen-bond acceptors (Lipinski definition) is 6. The van der Waals surface area contributed by atoms with E-state index in [1.165, 1.54) is 0 Å². The van der Waals surface area contributed by atoms with Crippen molar-refractivity contribution in [2.75, 3.05) is 37.6 Å². The highest BCUT2D eigenvalue weighted by Crippen LogP contribution is 2.34. The quantitative estimate of drug-likeness (QED) is 0.773. The Morgan fingerprint density at radius 2 is 2.05 bits per heavy atom. The SMILES string of the molecule is O=C1N[C@@H]2CC[C@@H](c3nnc(N4CCNCC4)o3)N1C2. The smallest absolute Gasteiger partial charge is 0.318 e. The molecule has 1 aromatic heterocycles. The molecule has 108 valence electrons. The summed E-state index contributed by atoms with van der Waals surface area (Å²) in [4.78, 5) is 15.7. The summed E-state index contributed by atoms with van der Waals surface area (Å²) in [6.45, 7) is 4.35. The fraction of sp³-hybridized carbons (Fsp3) is 0.750. The Kier molecular flexibility index (Phi) is 2.76. The van der Waals surface area contributed by atoms with E-state index in [0.29, 0.717) is 11.9 Å². The molecule has 8 heteroatoms. The van der Waals surface area contributed by atoms with Crippen molar-refractivity contribution in [3.63, 3.8) is 0 Å². The van der Waals surface area contributed by atoms with E-state index in [4.69, 9.17) is 4.42 Å². The Morgan fingerprint density at radius 1 is 1.20 bits per heavy atom. The fourth-order valence-corrected chi connectivity index (χ4v) is 3.17. The van der Waals surface area contributed by atoms with E-state index in [9.17, 15) is 4.79 Å². The van der Waals surface area contributed by atoms with Crippen molar-refractivity contribution in [2.24, 2.45) is 0 Å².